The lowest BCUT2D eigenvalue weighted by Gasteiger charge is -2.31. The minimum absolute atomic E-state index is 0.0687. The predicted octanol–water partition coefficient (Wildman–Crippen LogP) is 1.65. The lowest BCUT2D eigenvalue weighted by atomic mass is 9.84. The second-order valence-electron chi connectivity index (χ2n) is 3.58. The Morgan fingerprint density at radius 1 is 1.47 bits per heavy atom. The van der Waals surface area contributed by atoms with Crippen molar-refractivity contribution in [3.05, 3.63) is 10.4 Å². The first-order valence-corrected chi connectivity index (χ1v) is 4.87. The predicted molar refractivity (Wildman–Crippen MR) is 53.1 cm³/mol. The van der Waals surface area contributed by atoms with Gasteiger partial charge in [0.15, 0.2) is 0 Å². The highest BCUT2D eigenvalue weighted by Gasteiger charge is 2.35. The number of ether oxygens (including phenoxy) is 2. The van der Waals surface area contributed by atoms with Crippen LogP contribution in [0.2, 0.25) is 0 Å². The Morgan fingerprint density at radius 2 is 2.20 bits per heavy atom. The van der Waals surface area contributed by atoms with Crippen LogP contribution in [0.15, 0.2) is 5.11 Å². The first-order valence-electron chi connectivity index (χ1n) is 4.87. The third-order valence-electron chi connectivity index (χ3n) is 2.79. The maximum absolute atomic E-state index is 11.4. The molecular weight excluding hydrogens is 198 g/mol. The van der Waals surface area contributed by atoms with E-state index in [0.29, 0.717) is 19.3 Å². The number of nitrogens with zero attached hydrogens (tertiary/aromatic N) is 3. The lowest BCUT2D eigenvalue weighted by Crippen LogP contribution is -2.38. The number of hydrogen-bond donors (Lipinski definition) is 0. The largest absolute Gasteiger partial charge is 0.469 e. The third kappa shape index (κ3) is 2.84. The van der Waals surface area contributed by atoms with E-state index >= 15 is 0 Å². The molecule has 15 heavy (non-hydrogen) atoms. The van der Waals surface area contributed by atoms with Crippen LogP contribution in [0.5, 0.6) is 0 Å². The van der Waals surface area contributed by atoms with Crippen molar-refractivity contribution in [3.63, 3.8) is 0 Å². The first-order chi connectivity index (χ1) is 7.22. The van der Waals surface area contributed by atoms with Crippen molar-refractivity contribution in [1.82, 2.24) is 0 Å². The van der Waals surface area contributed by atoms with E-state index in [-0.39, 0.29) is 24.0 Å². The minimum atomic E-state index is -0.249. The minimum Gasteiger partial charge on any atom is -0.469 e. The van der Waals surface area contributed by atoms with Gasteiger partial charge in [-0.3, -0.25) is 4.79 Å². The first kappa shape index (κ1) is 11.8. The molecule has 0 aliphatic heterocycles. The second-order valence-corrected chi connectivity index (χ2v) is 3.58. The average Bonchev–Trinajstić information content (AvgIpc) is 2.28. The van der Waals surface area contributed by atoms with E-state index in [9.17, 15) is 4.79 Å². The Balaban J connectivity index is 2.64. The van der Waals surface area contributed by atoms with E-state index < -0.39 is 0 Å². The molecule has 0 N–H and O–H groups in total. The van der Waals surface area contributed by atoms with Gasteiger partial charge in [0.05, 0.1) is 19.1 Å². The van der Waals surface area contributed by atoms with Crippen molar-refractivity contribution >= 4 is 5.97 Å². The van der Waals surface area contributed by atoms with Crippen LogP contribution in [0.1, 0.15) is 19.3 Å². The molecule has 1 aliphatic rings. The van der Waals surface area contributed by atoms with E-state index in [1.807, 2.05) is 0 Å². The van der Waals surface area contributed by atoms with Gasteiger partial charge < -0.3 is 9.47 Å². The normalized spacial score (nSPS) is 30.4. The number of rotatable bonds is 3. The molecular formula is C9H15N3O3. The molecule has 0 aromatic carbocycles. The summed E-state index contributed by atoms with van der Waals surface area (Å²) in [7, 11) is 2.92. The fourth-order valence-corrected chi connectivity index (χ4v) is 1.97. The molecule has 0 radical (unpaired) electrons. The highest BCUT2D eigenvalue weighted by atomic mass is 16.5. The third-order valence-corrected chi connectivity index (χ3v) is 2.79. The summed E-state index contributed by atoms with van der Waals surface area (Å²) in [6.45, 7) is 0. The van der Waals surface area contributed by atoms with Gasteiger partial charge in [-0.1, -0.05) is 5.11 Å². The zero-order chi connectivity index (χ0) is 11.3. The summed E-state index contributed by atoms with van der Waals surface area (Å²) in [5.74, 6) is -0.480. The van der Waals surface area contributed by atoms with Gasteiger partial charge in [-0.25, -0.2) is 0 Å². The summed E-state index contributed by atoms with van der Waals surface area (Å²) in [5, 5.41) is 3.65. The summed E-state index contributed by atoms with van der Waals surface area (Å²) in [5.41, 5.74) is 8.32. The molecule has 0 spiro atoms. The Kier molecular flexibility index (Phi) is 4.39. The van der Waals surface area contributed by atoms with E-state index in [0.717, 1.165) is 0 Å². The van der Waals surface area contributed by atoms with Gasteiger partial charge in [0, 0.05) is 18.1 Å². The van der Waals surface area contributed by atoms with Crippen LogP contribution >= 0.6 is 0 Å². The molecule has 1 saturated carbocycles. The fraction of sp³-hybridized carbons (Fsp3) is 0.889. The summed E-state index contributed by atoms with van der Waals surface area (Å²) >= 11 is 0. The molecule has 0 aromatic rings. The molecule has 1 fully saturated rings. The summed E-state index contributed by atoms with van der Waals surface area (Å²) < 4.78 is 9.91. The number of carbonyl (C=O) groups excluding carboxylic acids is 1. The average molecular weight is 213 g/mol. The van der Waals surface area contributed by atoms with Gasteiger partial charge in [0.2, 0.25) is 0 Å². The Labute approximate surface area is 88.2 Å². The van der Waals surface area contributed by atoms with Gasteiger partial charge in [0.25, 0.3) is 0 Å². The summed E-state index contributed by atoms with van der Waals surface area (Å²) in [6, 6.07) is -0.0687. The van der Waals surface area contributed by atoms with Crippen LogP contribution in [-0.4, -0.2) is 32.3 Å². The zero-order valence-electron chi connectivity index (χ0n) is 8.92. The van der Waals surface area contributed by atoms with Crippen LogP contribution in [0, 0.1) is 5.92 Å². The van der Waals surface area contributed by atoms with Crippen molar-refractivity contribution in [3.8, 4) is 0 Å². The lowest BCUT2D eigenvalue weighted by molar-refractivity contribution is -0.152. The molecule has 84 valence electrons. The van der Waals surface area contributed by atoms with Crippen LogP contribution in [0.3, 0.4) is 0 Å². The molecule has 3 atom stereocenters. The van der Waals surface area contributed by atoms with Crippen molar-refractivity contribution < 1.29 is 14.3 Å². The van der Waals surface area contributed by atoms with E-state index in [2.05, 4.69) is 10.0 Å². The molecule has 0 saturated heterocycles. The number of esters is 1. The SMILES string of the molecule is COC(=O)[C@@H]1CC[C@@H](N=[N+]=[N-])C[C@H]1OC. The van der Waals surface area contributed by atoms with Gasteiger partial charge in [-0.05, 0) is 24.8 Å². The van der Waals surface area contributed by atoms with Crippen LogP contribution in [-0.2, 0) is 14.3 Å². The number of carbonyl (C=O) groups is 1. The van der Waals surface area contributed by atoms with E-state index in [1.165, 1.54) is 7.11 Å². The number of methoxy groups -OCH3 is 2. The number of azide groups is 1. The van der Waals surface area contributed by atoms with Crippen LogP contribution in [0.25, 0.3) is 10.4 Å². The molecule has 1 aliphatic carbocycles. The summed E-state index contributed by atoms with van der Waals surface area (Å²) in [4.78, 5) is 14.2. The quantitative estimate of drug-likeness (QED) is 0.309. The molecule has 1 rings (SSSR count). The van der Waals surface area contributed by atoms with Crippen molar-refractivity contribution in [1.29, 1.82) is 0 Å². The Bertz CT molecular complexity index is 276. The molecule has 0 aromatic heterocycles. The smallest absolute Gasteiger partial charge is 0.311 e. The standard InChI is InChI=1S/C9H15N3O3/c1-14-8-5-6(11-12-10)3-4-7(8)9(13)15-2/h6-8H,3-5H2,1-2H3/t6-,7-,8-/m1/s1. The van der Waals surface area contributed by atoms with E-state index in [1.54, 1.807) is 7.11 Å². The highest BCUT2D eigenvalue weighted by molar-refractivity contribution is 5.73. The number of hydrogen-bond acceptors (Lipinski definition) is 4. The highest BCUT2D eigenvalue weighted by Crippen LogP contribution is 2.29. The fourth-order valence-electron chi connectivity index (χ4n) is 1.97. The Hall–Kier alpha value is -1.26. The van der Waals surface area contributed by atoms with Crippen LogP contribution < -0.4 is 0 Å². The monoisotopic (exact) mass is 213 g/mol. The van der Waals surface area contributed by atoms with E-state index in [4.69, 9.17) is 15.0 Å². The topological polar surface area (TPSA) is 84.3 Å². The maximum atomic E-state index is 11.4. The zero-order valence-corrected chi connectivity index (χ0v) is 8.92. The Morgan fingerprint density at radius 3 is 2.73 bits per heavy atom. The van der Waals surface area contributed by atoms with Crippen molar-refractivity contribution in [2.24, 2.45) is 11.0 Å². The van der Waals surface area contributed by atoms with Crippen molar-refractivity contribution in [2.75, 3.05) is 14.2 Å². The van der Waals surface area contributed by atoms with Gasteiger partial charge in [0.1, 0.15) is 0 Å². The molecule has 0 bridgehead atoms. The second kappa shape index (κ2) is 5.58. The molecule has 0 heterocycles. The maximum Gasteiger partial charge on any atom is 0.311 e. The molecule has 6 nitrogen and oxygen atoms in total. The van der Waals surface area contributed by atoms with Gasteiger partial charge in [-0.2, -0.15) is 0 Å². The molecule has 0 unspecified atom stereocenters. The van der Waals surface area contributed by atoms with Gasteiger partial charge >= 0.3 is 5.97 Å². The van der Waals surface area contributed by atoms with Gasteiger partial charge in [-0.15, -0.1) is 0 Å². The molecule has 0 amide bonds. The molecule has 6 heteroatoms. The van der Waals surface area contributed by atoms with Crippen LogP contribution in [0.4, 0.5) is 0 Å². The summed E-state index contributed by atoms with van der Waals surface area (Å²) in [6.07, 6.45) is 1.74. The van der Waals surface area contributed by atoms with Crippen molar-refractivity contribution in [2.45, 2.75) is 31.4 Å².